The van der Waals surface area contributed by atoms with Crippen LogP contribution in [-0.2, 0) is 14.3 Å². The molecule has 1 amide bonds. The number of ether oxygens (including phenoxy) is 2. The molecular formula is C47H91NO10. The fourth-order valence-corrected chi connectivity index (χ4v) is 7.79. The Morgan fingerprint density at radius 2 is 1.00 bits per heavy atom. The lowest BCUT2D eigenvalue weighted by Gasteiger charge is -2.40. The minimum Gasteiger partial charge on any atom is -0.394 e. The second kappa shape index (κ2) is 37.6. The van der Waals surface area contributed by atoms with Crippen LogP contribution in [0.2, 0.25) is 0 Å². The van der Waals surface area contributed by atoms with Crippen molar-refractivity contribution in [2.75, 3.05) is 13.2 Å². The Bertz CT molecular complexity index is 954. The third kappa shape index (κ3) is 26.9. The second-order valence-electron chi connectivity index (χ2n) is 17.2. The number of nitrogens with one attached hydrogen (secondary N) is 1. The predicted molar refractivity (Wildman–Crippen MR) is 233 cm³/mol. The Morgan fingerprint density at radius 1 is 0.586 bits per heavy atom. The van der Waals surface area contributed by atoms with E-state index in [0.717, 1.165) is 51.4 Å². The molecule has 8 N–H and O–H groups in total. The van der Waals surface area contributed by atoms with E-state index in [4.69, 9.17) is 9.47 Å². The van der Waals surface area contributed by atoms with Gasteiger partial charge in [-0.1, -0.05) is 187 Å². The minimum atomic E-state index is -1.66. The zero-order chi connectivity index (χ0) is 42.6. The number of aliphatic hydroxyl groups excluding tert-OH is 7. The summed E-state index contributed by atoms with van der Waals surface area (Å²) < 4.78 is 11.1. The third-order valence-electron chi connectivity index (χ3n) is 11.8. The van der Waals surface area contributed by atoms with E-state index in [9.17, 15) is 40.5 Å². The van der Waals surface area contributed by atoms with Crippen LogP contribution >= 0.6 is 0 Å². The van der Waals surface area contributed by atoms with Crippen LogP contribution in [0.15, 0.2) is 12.2 Å². The van der Waals surface area contributed by atoms with Gasteiger partial charge in [0.1, 0.15) is 36.6 Å². The lowest BCUT2D eigenvalue weighted by molar-refractivity contribution is -0.303. The van der Waals surface area contributed by atoms with E-state index >= 15 is 0 Å². The highest BCUT2D eigenvalue weighted by atomic mass is 16.7. The van der Waals surface area contributed by atoms with Crippen LogP contribution in [0.4, 0.5) is 0 Å². The van der Waals surface area contributed by atoms with Gasteiger partial charge in [-0.2, -0.15) is 0 Å². The molecule has 1 fully saturated rings. The summed E-state index contributed by atoms with van der Waals surface area (Å²) in [6.07, 6.45) is 28.2. The standard InChI is InChI=1S/C47H91NO10/c1-3-5-7-9-11-13-15-17-19-20-21-23-25-27-29-31-33-35-40(51)46(56)48-38(37-57-47-45(55)44(54)43(53)41(36-49)58-47)42(52)39(50)34-32-30-28-26-24-22-18-16-14-12-10-8-6-4-2/h21,23,38-45,47,49-55H,3-20,22,24-37H2,1-2H3,(H,48,56)/b23-21-. The van der Waals surface area contributed by atoms with Crippen LogP contribution in [-0.4, -0.2) is 110 Å². The Morgan fingerprint density at radius 3 is 1.45 bits per heavy atom. The van der Waals surface area contributed by atoms with E-state index in [2.05, 4.69) is 31.3 Å². The maximum Gasteiger partial charge on any atom is 0.249 e. The smallest absolute Gasteiger partial charge is 0.249 e. The largest absolute Gasteiger partial charge is 0.394 e. The summed E-state index contributed by atoms with van der Waals surface area (Å²) in [6.45, 7) is 3.44. The molecule has 1 rings (SSSR count). The zero-order valence-corrected chi connectivity index (χ0v) is 37.0. The second-order valence-corrected chi connectivity index (χ2v) is 17.2. The van der Waals surface area contributed by atoms with Gasteiger partial charge in [0.25, 0.3) is 0 Å². The summed E-state index contributed by atoms with van der Waals surface area (Å²) in [5.74, 6) is -0.704. The van der Waals surface area contributed by atoms with Crippen LogP contribution in [0.1, 0.15) is 213 Å². The van der Waals surface area contributed by atoms with E-state index < -0.39 is 74.2 Å². The number of rotatable bonds is 40. The number of carbonyl (C=O) groups is 1. The maximum absolute atomic E-state index is 13.1. The first-order valence-electron chi connectivity index (χ1n) is 24.1. The van der Waals surface area contributed by atoms with Crippen molar-refractivity contribution in [3.8, 4) is 0 Å². The Labute approximate surface area is 353 Å². The fraction of sp³-hybridized carbons (Fsp3) is 0.936. The van der Waals surface area contributed by atoms with Gasteiger partial charge in [0.05, 0.1) is 25.4 Å². The number of carbonyl (C=O) groups excluding carboxylic acids is 1. The fourth-order valence-electron chi connectivity index (χ4n) is 7.79. The average molecular weight is 830 g/mol. The Kier molecular flexibility index (Phi) is 35.6. The Hall–Kier alpha value is -1.15. The molecule has 58 heavy (non-hydrogen) atoms. The summed E-state index contributed by atoms with van der Waals surface area (Å²) in [7, 11) is 0. The van der Waals surface area contributed by atoms with Crippen molar-refractivity contribution in [3.63, 3.8) is 0 Å². The highest BCUT2D eigenvalue weighted by Gasteiger charge is 2.44. The van der Waals surface area contributed by atoms with E-state index in [-0.39, 0.29) is 6.42 Å². The number of allylic oxidation sites excluding steroid dienone is 2. The van der Waals surface area contributed by atoms with Crippen LogP contribution in [0.25, 0.3) is 0 Å². The van der Waals surface area contributed by atoms with Crippen molar-refractivity contribution >= 4 is 5.91 Å². The molecule has 0 aliphatic carbocycles. The van der Waals surface area contributed by atoms with Gasteiger partial charge in [0.15, 0.2) is 6.29 Å². The van der Waals surface area contributed by atoms with Crippen molar-refractivity contribution in [1.29, 1.82) is 0 Å². The van der Waals surface area contributed by atoms with Gasteiger partial charge >= 0.3 is 0 Å². The molecule has 0 aromatic heterocycles. The van der Waals surface area contributed by atoms with Gasteiger partial charge in [0, 0.05) is 0 Å². The highest BCUT2D eigenvalue weighted by molar-refractivity contribution is 5.80. The first-order valence-corrected chi connectivity index (χ1v) is 24.1. The van der Waals surface area contributed by atoms with Crippen molar-refractivity contribution in [2.45, 2.75) is 268 Å². The van der Waals surface area contributed by atoms with Gasteiger partial charge in [-0.3, -0.25) is 4.79 Å². The summed E-state index contributed by atoms with van der Waals surface area (Å²) in [5, 5.41) is 75.7. The zero-order valence-electron chi connectivity index (χ0n) is 37.0. The lowest BCUT2D eigenvalue weighted by Crippen LogP contribution is -2.60. The molecule has 1 heterocycles. The molecule has 9 unspecified atom stereocenters. The van der Waals surface area contributed by atoms with Gasteiger partial charge in [-0.15, -0.1) is 0 Å². The first kappa shape index (κ1) is 54.9. The Balaban J connectivity index is 2.44. The van der Waals surface area contributed by atoms with Gasteiger partial charge in [-0.25, -0.2) is 0 Å². The van der Waals surface area contributed by atoms with Gasteiger partial charge in [-0.05, 0) is 38.5 Å². The topological polar surface area (TPSA) is 189 Å². The summed E-state index contributed by atoms with van der Waals surface area (Å²) in [5.41, 5.74) is 0. The molecule has 1 saturated heterocycles. The summed E-state index contributed by atoms with van der Waals surface area (Å²) in [6, 6.07) is -1.17. The molecule has 0 spiro atoms. The lowest BCUT2D eigenvalue weighted by atomic mass is 9.98. The molecule has 0 saturated carbocycles. The van der Waals surface area contributed by atoms with Crippen molar-refractivity contribution in [2.24, 2.45) is 0 Å². The number of aliphatic hydroxyl groups is 7. The number of hydrogen-bond donors (Lipinski definition) is 8. The molecule has 344 valence electrons. The van der Waals surface area contributed by atoms with Crippen LogP contribution < -0.4 is 5.32 Å². The van der Waals surface area contributed by atoms with Crippen molar-refractivity contribution in [3.05, 3.63) is 12.2 Å². The quantitative estimate of drug-likeness (QED) is 0.0222. The molecule has 0 radical (unpaired) electrons. The molecule has 1 aliphatic rings. The molecule has 1 aliphatic heterocycles. The highest BCUT2D eigenvalue weighted by Crippen LogP contribution is 2.23. The van der Waals surface area contributed by atoms with Crippen molar-refractivity contribution < 1.29 is 50.0 Å². The van der Waals surface area contributed by atoms with E-state index in [1.54, 1.807) is 0 Å². The van der Waals surface area contributed by atoms with E-state index in [1.807, 2.05) is 0 Å². The minimum absolute atomic E-state index is 0.248. The number of hydrogen-bond acceptors (Lipinski definition) is 10. The molecule has 11 heteroatoms. The first-order chi connectivity index (χ1) is 28.2. The molecule has 0 aromatic carbocycles. The van der Waals surface area contributed by atoms with Crippen LogP contribution in [0.3, 0.4) is 0 Å². The third-order valence-corrected chi connectivity index (χ3v) is 11.8. The van der Waals surface area contributed by atoms with Crippen molar-refractivity contribution in [1.82, 2.24) is 5.32 Å². The maximum atomic E-state index is 13.1. The predicted octanol–water partition coefficient (Wildman–Crippen LogP) is 8.06. The molecule has 11 nitrogen and oxygen atoms in total. The average Bonchev–Trinajstić information content (AvgIpc) is 3.22. The van der Waals surface area contributed by atoms with Gasteiger partial charge < -0.3 is 50.5 Å². The molecule has 9 atom stereocenters. The van der Waals surface area contributed by atoms with E-state index in [0.29, 0.717) is 19.3 Å². The summed E-state index contributed by atoms with van der Waals surface area (Å²) >= 11 is 0. The molecule has 0 aromatic rings. The molecular weight excluding hydrogens is 739 g/mol. The van der Waals surface area contributed by atoms with Crippen LogP contribution in [0, 0.1) is 0 Å². The molecule has 0 bridgehead atoms. The normalized spacial score (nSPS) is 22.0. The monoisotopic (exact) mass is 830 g/mol. The number of unbranched alkanes of at least 4 members (excludes halogenated alkanes) is 26. The number of amides is 1. The SMILES string of the molecule is CCCCCCCCCCC/C=C\CCCCCCC(O)C(=O)NC(COC1OC(CO)C(O)C(O)C1O)C(O)C(O)CCCCCCCCCCCCCCCC. The van der Waals surface area contributed by atoms with Gasteiger partial charge in [0.2, 0.25) is 5.91 Å². The summed E-state index contributed by atoms with van der Waals surface area (Å²) in [4.78, 5) is 13.1. The van der Waals surface area contributed by atoms with Crippen LogP contribution in [0.5, 0.6) is 0 Å². The van der Waals surface area contributed by atoms with E-state index in [1.165, 1.54) is 122 Å².